The number of nitrogens with zero attached hydrogens (tertiary/aromatic N) is 4. The molecule has 1 fully saturated rings. The molecular weight excluding hydrogens is 488 g/mol. The summed E-state index contributed by atoms with van der Waals surface area (Å²) in [6, 6.07) is 5.74. The first kappa shape index (κ1) is 24.2. The van der Waals surface area contributed by atoms with Crippen molar-refractivity contribution in [1.29, 1.82) is 0 Å². The van der Waals surface area contributed by atoms with Crippen LogP contribution in [0.3, 0.4) is 0 Å². The quantitative estimate of drug-likeness (QED) is 0.345. The van der Waals surface area contributed by atoms with Crippen LogP contribution in [0.15, 0.2) is 29.4 Å². The Balaban J connectivity index is 0.00000392. The van der Waals surface area contributed by atoms with Crippen LogP contribution in [-0.2, 0) is 4.79 Å². The second kappa shape index (κ2) is 11.9. The number of amides is 1. The molecule has 7 nitrogen and oxygen atoms in total. The Kier molecular flexibility index (Phi) is 10.3. The maximum atomic E-state index is 12.3. The number of aromatic nitrogens is 1. The molecule has 0 aromatic carbocycles. The van der Waals surface area contributed by atoms with Gasteiger partial charge in [-0.05, 0) is 12.1 Å². The fourth-order valence-electron chi connectivity index (χ4n) is 2.71. The Labute approximate surface area is 179 Å². The van der Waals surface area contributed by atoms with E-state index in [9.17, 15) is 18.0 Å². The Morgan fingerprint density at radius 3 is 2.43 bits per heavy atom. The molecule has 1 saturated heterocycles. The average molecular weight is 514 g/mol. The highest BCUT2D eigenvalue weighted by atomic mass is 127. The number of rotatable bonds is 6. The number of aliphatic imine (C=N–C) groups is 1. The van der Waals surface area contributed by atoms with Gasteiger partial charge in [0.05, 0.1) is 6.42 Å². The van der Waals surface area contributed by atoms with Gasteiger partial charge in [0.2, 0.25) is 5.91 Å². The number of pyridine rings is 1. The average Bonchev–Trinajstić information content (AvgIpc) is 2.66. The summed E-state index contributed by atoms with van der Waals surface area (Å²) < 4.78 is 36.5. The van der Waals surface area contributed by atoms with Gasteiger partial charge in [-0.2, -0.15) is 13.2 Å². The van der Waals surface area contributed by atoms with Crippen LogP contribution in [-0.4, -0.2) is 74.2 Å². The minimum Gasteiger partial charge on any atom is -0.356 e. The van der Waals surface area contributed by atoms with E-state index in [1.807, 2.05) is 18.2 Å². The highest BCUT2D eigenvalue weighted by molar-refractivity contribution is 14.0. The van der Waals surface area contributed by atoms with Crippen molar-refractivity contribution >= 4 is 41.7 Å². The molecule has 1 aromatic rings. The van der Waals surface area contributed by atoms with Crippen LogP contribution in [0.4, 0.5) is 19.0 Å². The number of hydrogen-bond donors (Lipinski definition) is 2. The number of guanidine groups is 1. The third-order valence-electron chi connectivity index (χ3n) is 4.16. The van der Waals surface area contributed by atoms with Crippen molar-refractivity contribution in [1.82, 2.24) is 20.5 Å². The first-order valence-electron chi connectivity index (χ1n) is 8.84. The van der Waals surface area contributed by atoms with Crippen LogP contribution >= 0.6 is 24.0 Å². The van der Waals surface area contributed by atoms with E-state index in [2.05, 4.69) is 25.5 Å². The van der Waals surface area contributed by atoms with E-state index in [-0.39, 0.29) is 48.8 Å². The van der Waals surface area contributed by atoms with Gasteiger partial charge in [-0.15, -0.1) is 24.0 Å². The normalized spacial score (nSPS) is 15.1. The molecule has 0 aliphatic carbocycles. The Hall–Kier alpha value is -1.79. The first-order valence-corrected chi connectivity index (χ1v) is 8.84. The number of alkyl halides is 3. The molecule has 28 heavy (non-hydrogen) atoms. The highest BCUT2D eigenvalue weighted by Gasteiger charge is 2.26. The fourth-order valence-corrected chi connectivity index (χ4v) is 2.71. The predicted molar refractivity (Wildman–Crippen MR) is 113 cm³/mol. The Morgan fingerprint density at radius 2 is 1.86 bits per heavy atom. The van der Waals surface area contributed by atoms with Gasteiger partial charge in [0, 0.05) is 58.9 Å². The second-order valence-electron chi connectivity index (χ2n) is 6.10. The summed E-state index contributed by atoms with van der Waals surface area (Å²) in [7, 11) is 1.47. The lowest BCUT2D eigenvalue weighted by Gasteiger charge is -2.35. The number of nitrogens with one attached hydrogen (secondary N) is 2. The zero-order chi connectivity index (χ0) is 19.7. The molecule has 2 N–H and O–H groups in total. The first-order chi connectivity index (χ1) is 12.9. The van der Waals surface area contributed by atoms with E-state index in [4.69, 9.17) is 0 Å². The molecule has 0 radical (unpaired) electrons. The summed E-state index contributed by atoms with van der Waals surface area (Å²) >= 11 is 0. The van der Waals surface area contributed by atoms with Gasteiger partial charge in [-0.1, -0.05) is 6.07 Å². The molecule has 2 rings (SSSR count). The summed E-state index contributed by atoms with van der Waals surface area (Å²) in [6.45, 7) is 2.73. The van der Waals surface area contributed by atoms with Crippen LogP contribution in [0.1, 0.15) is 12.8 Å². The van der Waals surface area contributed by atoms with E-state index in [1.165, 1.54) is 7.05 Å². The molecule has 2 heterocycles. The fraction of sp³-hybridized carbons (Fsp3) is 0.588. The number of piperazine rings is 1. The third-order valence-corrected chi connectivity index (χ3v) is 4.16. The van der Waals surface area contributed by atoms with Crippen molar-refractivity contribution in [3.8, 4) is 0 Å². The summed E-state index contributed by atoms with van der Waals surface area (Å²) in [5.74, 6) is 1.17. The van der Waals surface area contributed by atoms with Crippen molar-refractivity contribution in [2.24, 2.45) is 4.99 Å². The maximum Gasteiger partial charge on any atom is 0.390 e. The lowest BCUT2D eigenvalue weighted by Crippen LogP contribution is -2.49. The molecule has 1 amide bonds. The van der Waals surface area contributed by atoms with Gasteiger partial charge < -0.3 is 20.4 Å². The molecule has 1 aliphatic rings. The second-order valence-corrected chi connectivity index (χ2v) is 6.10. The van der Waals surface area contributed by atoms with E-state index >= 15 is 0 Å². The minimum absolute atomic E-state index is 0. The summed E-state index contributed by atoms with van der Waals surface area (Å²) in [5, 5.41) is 5.45. The van der Waals surface area contributed by atoms with Crippen LogP contribution in [0.25, 0.3) is 0 Å². The zero-order valence-electron chi connectivity index (χ0n) is 15.7. The van der Waals surface area contributed by atoms with Gasteiger partial charge in [-0.3, -0.25) is 9.79 Å². The molecule has 158 valence electrons. The smallest absolute Gasteiger partial charge is 0.356 e. The van der Waals surface area contributed by atoms with E-state index in [0.717, 1.165) is 18.9 Å². The van der Waals surface area contributed by atoms with Crippen molar-refractivity contribution in [2.45, 2.75) is 19.0 Å². The molecule has 0 spiro atoms. The zero-order valence-corrected chi connectivity index (χ0v) is 18.0. The van der Waals surface area contributed by atoms with Crippen molar-refractivity contribution in [3.63, 3.8) is 0 Å². The molecule has 11 heteroatoms. The lowest BCUT2D eigenvalue weighted by atomic mass is 10.2. The topological polar surface area (TPSA) is 72.9 Å². The van der Waals surface area contributed by atoms with E-state index in [1.54, 1.807) is 11.1 Å². The molecule has 1 aromatic heterocycles. The van der Waals surface area contributed by atoms with Crippen LogP contribution in [0, 0.1) is 0 Å². The number of hydrogen-bond acceptors (Lipinski definition) is 4. The highest BCUT2D eigenvalue weighted by Crippen LogP contribution is 2.18. The standard InChI is InChI=1S/C17H25F3N6O.HI/c1-21-16(24-9-6-17(18,19)20)23-8-5-15(27)26-12-10-25(11-13-26)14-4-2-3-7-22-14;/h2-4,7H,5-6,8-13H2,1H3,(H2,21,23,24);1H. The molecule has 1 aliphatic heterocycles. The summed E-state index contributed by atoms with van der Waals surface area (Å²) in [5.41, 5.74) is 0. The molecular formula is C17H26F3IN6O. The van der Waals surface area contributed by atoms with Crippen molar-refractivity contribution in [3.05, 3.63) is 24.4 Å². The summed E-state index contributed by atoms with van der Waals surface area (Å²) in [4.78, 5) is 24.4. The number of anilines is 1. The number of carbonyl (C=O) groups excluding carboxylic acids is 1. The summed E-state index contributed by atoms with van der Waals surface area (Å²) in [6.07, 6.45) is -3.15. The molecule has 0 atom stereocenters. The van der Waals surface area contributed by atoms with Crippen molar-refractivity contribution in [2.75, 3.05) is 51.2 Å². The van der Waals surface area contributed by atoms with E-state index < -0.39 is 12.6 Å². The number of carbonyl (C=O) groups is 1. The Morgan fingerprint density at radius 1 is 1.18 bits per heavy atom. The van der Waals surface area contributed by atoms with Crippen molar-refractivity contribution < 1.29 is 18.0 Å². The third kappa shape index (κ3) is 8.48. The maximum absolute atomic E-state index is 12.3. The van der Waals surface area contributed by atoms with Crippen LogP contribution in [0.5, 0.6) is 0 Å². The van der Waals surface area contributed by atoms with E-state index in [0.29, 0.717) is 19.6 Å². The van der Waals surface area contributed by atoms with Gasteiger partial charge in [0.15, 0.2) is 5.96 Å². The minimum atomic E-state index is -4.21. The lowest BCUT2D eigenvalue weighted by molar-refractivity contribution is -0.133. The molecule has 0 bridgehead atoms. The van der Waals surface area contributed by atoms with Crippen LogP contribution < -0.4 is 15.5 Å². The monoisotopic (exact) mass is 514 g/mol. The largest absolute Gasteiger partial charge is 0.390 e. The predicted octanol–water partition coefficient (Wildman–Crippen LogP) is 1.86. The number of halogens is 4. The van der Waals surface area contributed by atoms with Gasteiger partial charge in [-0.25, -0.2) is 4.98 Å². The SMILES string of the molecule is CN=C(NCCC(=O)N1CCN(c2ccccn2)CC1)NCCC(F)(F)F.I. The van der Waals surface area contributed by atoms with Gasteiger partial charge in [0.25, 0.3) is 0 Å². The van der Waals surface area contributed by atoms with Crippen LogP contribution in [0.2, 0.25) is 0 Å². The molecule has 0 unspecified atom stereocenters. The van der Waals surface area contributed by atoms with Gasteiger partial charge >= 0.3 is 6.18 Å². The Bertz CT molecular complexity index is 621. The van der Waals surface area contributed by atoms with Gasteiger partial charge in [0.1, 0.15) is 5.82 Å². The molecule has 0 saturated carbocycles.